The summed E-state index contributed by atoms with van der Waals surface area (Å²) in [6.07, 6.45) is 4.67. The number of aromatic nitrogens is 3. The van der Waals surface area contributed by atoms with E-state index in [9.17, 15) is 8.42 Å². The Hall–Kier alpha value is -1.47. The summed E-state index contributed by atoms with van der Waals surface area (Å²) in [6, 6.07) is 3.77. The third-order valence-electron chi connectivity index (χ3n) is 3.80. The predicted octanol–water partition coefficient (Wildman–Crippen LogP) is 0.698. The van der Waals surface area contributed by atoms with Crippen molar-refractivity contribution in [1.82, 2.24) is 14.6 Å². The van der Waals surface area contributed by atoms with Gasteiger partial charge in [0, 0.05) is 19.2 Å². The highest BCUT2D eigenvalue weighted by atomic mass is 32.2. The van der Waals surface area contributed by atoms with Crippen LogP contribution in [0.3, 0.4) is 0 Å². The van der Waals surface area contributed by atoms with Gasteiger partial charge in [0.2, 0.25) is 0 Å². The van der Waals surface area contributed by atoms with Crippen molar-refractivity contribution in [2.75, 3.05) is 5.75 Å². The SMILES string of the molecule is NCc1ccn2nc(CC3CCCCS3(=O)=O)nc2c1. The Bertz CT molecular complexity index is 723. The van der Waals surface area contributed by atoms with Gasteiger partial charge in [0.15, 0.2) is 21.3 Å². The van der Waals surface area contributed by atoms with Gasteiger partial charge in [-0.25, -0.2) is 17.9 Å². The second-order valence-corrected chi connectivity index (χ2v) is 7.66. The average Bonchev–Trinajstić information content (AvgIpc) is 2.82. The zero-order chi connectivity index (χ0) is 14.2. The Labute approximate surface area is 117 Å². The Morgan fingerprint density at radius 3 is 3.00 bits per heavy atom. The van der Waals surface area contributed by atoms with Crippen LogP contribution >= 0.6 is 0 Å². The Morgan fingerprint density at radius 2 is 2.25 bits per heavy atom. The van der Waals surface area contributed by atoms with Crippen LogP contribution in [0.15, 0.2) is 18.3 Å². The normalized spacial score (nSPS) is 22.1. The van der Waals surface area contributed by atoms with Gasteiger partial charge < -0.3 is 5.73 Å². The first-order chi connectivity index (χ1) is 9.58. The summed E-state index contributed by atoms with van der Waals surface area (Å²) in [7, 11) is -2.98. The molecule has 0 bridgehead atoms. The zero-order valence-electron chi connectivity index (χ0n) is 11.2. The molecule has 0 spiro atoms. The van der Waals surface area contributed by atoms with Crippen molar-refractivity contribution in [3.63, 3.8) is 0 Å². The van der Waals surface area contributed by atoms with Crippen molar-refractivity contribution in [2.45, 2.75) is 37.5 Å². The van der Waals surface area contributed by atoms with Crippen molar-refractivity contribution in [2.24, 2.45) is 5.73 Å². The number of hydrogen-bond donors (Lipinski definition) is 1. The molecule has 7 heteroatoms. The van der Waals surface area contributed by atoms with Gasteiger partial charge in [0.05, 0.1) is 11.0 Å². The van der Waals surface area contributed by atoms with E-state index in [-0.39, 0.29) is 5.25 Å². The van der Waals surface area contributed by atoms with E-state index in [1.54, 1.807) is 4.52 Å². The van der Waals surface area contributed by atoms with E-state index in [1.807, 2.05) is 18.3 Å². The summed E-state index contributed by atoms with van der Waals surface area (Å²) >= 11 is 0. The van der Waals surface area contributed by atoms with Crippen molar-refractivity contribution < 1.29 is 8.42 Å². The van der Waals surface area contributed by atoms with E-state index in [1.165, 1.54) is 0 Å². The summed E-state index contributed by atoms with van der Waals surface area (Å²) in [5.74, 6) is 0.886. The summed E-state index contributed by atoms with van der Waals surface area (Å²) in [5.41, 5.74) is 7.30. The summed E-state index contributed by atoms with van der Waals surface area (Å²) in [4.78, 5) is 4.41. The van der Waals surface area contributed by atoms with Gasteiger partial charge in [-0.3, -0.25) is 0 Å². The molecule has 1 aliphatic heterocycles. The van der Waals surface area contributed by atoms with E-state index in [2.05, 4.69) is 10.1 Å². The highest BCUT2D eigenvalue weighted by molar-refractivity contribution is 7.92. The second kappa shape index (κ2) is 5.14. The molecule has 0 amide bonds. The number of rotatable bonds is 3. The molecule has 0 aliphatic carbocycles. The number of pyridine rings is 1. The monoisotopic (exact) mass is 294 g/mol. The maximum atomic E-state index is 12.0. The van der Waals surface area contributed by atoms with Crippen LogP contribution in [0.1, 0.15) is 30.7 Å². The fourth-order valence-corrected chi connectivity index (χ4v) is 4.51. The number of sulfone groups is 1. The minimum atomic E-state index is -2.98. The number of hydrogen-bond acceptors (Lipinski definition) is 5. The average molecular weight is 294 g/mol. The first-order valence-electron chi connectivity index (χ1n) is 6.84. The van der Waals surface area contributed by atoms with Gasteiger partial charge in [-0.1, -0.05) is 6.42 Å². The summed E-state index contributed by atoms with van der Waals surface area (Å²) in [5, 5.41) is 4.02. The van der Waals surface area contributed by atoms with Gasteiger partial charge in [0.25, 0.3) is 0 Å². The molecule has 1 fully saturated rings. The van der Waals surface area contributed by atoms with Crippen LogP contribution in [0.5, 0.6) is 0 Å². The largest absolute Gasteiger partial charge is 0.326 e. The molecule has 20 heavy (non-hydrogen) atoms. The van der Waals surface area contributed by atoms with Crippen LogP contribution < -0.4 is 5.73 Å². The van der Waals surface area contributed by atoms with E-state index in [4.69, 9.17) is 5.73 Å². The fourth-order valence-electron chi connectivity index (χ4n) is 2.64. The molecule has 0 aromatic carbocycles. The highest BCUT2D eigenvalue weighted by Crippen LogP contribution is 2.22. The molecule has 1 atom stereocenters. The van der Waals surface area contributed by atoms with E-state index < -0.39 is 9.84 Å². The molecule has 2 aromatic heterocycles. The lowest BCUT2D eigenvalue weighted by Crippen LogP contribution is -2.30. The molecule has 0 saturated carbocycles. The molecule has 3 rings (SSSR count). The maximum Gasteiger partial charge on any atom is 0.155 e. The van der Waals surface area contributed by atoms with E-state index in [0.717, 1.165) is 24.1 Å². The van der Waals surface area contributed by atoms with Crippen LogP contribution in [0.2, 0.25) is 0 Å². The van der Waals surface area contributed by atoms with Crippen LogP contribution in [-0.2, 0) is 22.8 Å². The Kier molecular flexibility index (Phi) is 3.47. The Morgan fingerprint density at radius 1 is 1.40 bits per heavy atom. The molecule has 1 aliphatic rings. The summed E-state index contributed by atoms with van der Waals surface area (Å²) < 4.78 is 25.7. The second-order valence-electron chi connectivity index (χ2n) is 5.26. The van der Waals surface area contributed by atoms with Gasteiger partial charge in [-0.15, -0.1) is 0 Å². The van der Waals surface area contributed by atoms with Gasteiger partial charge in [-0.2, -0.15) is 5.10 Å². The number of nitrogens with two attached hydrogens (primary N) is 1. The molecular formula is C13H18N4O2S. The standard InChI is InChI=1S/C13H18N4O2S/c14-9-10-4-5-17-13(7-10)15-12(16-17)8-11-3-1-2-6-20(11,18)19/h4-5,7,11H,1-3,6,8-9,14H2. The topological polar surface area (TPSA) is 90.4 Å². The molecule has 0 radical (unpaired) electrons. The molecule has 2 aromatic rings. The van der Waals surface area contributed by atoms with Crippen LogP contribution in [0.25, 0.3) is 5.65 Å². The van der Waals surface area contributed by atoms with Crippen molar-refractivity contribution in [3.8, 4) is 0 Å². The fraction of sp³-hybridized carbons (Fsp3) is 0.538. The van der Waals surface area contributed by atoms with Gasteiger partial charge in [0.1, 0.15) is 0 Å². The molecule has 3 heterocycles. The third-order valence-corrected chi connectivity index (χ3v) is 6.08. The Balaban J connectivity index is 1.87. The van der Waals surface area contributed by atoms with Crippen molar-refractivity contribution in [3.05, 3.63) is 29.7 Å². The quantitative estimate of drug-likeness (QED) is 0.899. The maximum absolute atomic E-state index is 12.0. The molecule has 2 N–H and O–H groups in total. The molecule has 6 nitrogen and oxygen atoms in total. The first kappa shape index (κ1) is 13.5. The lowest BCUT2D eigenvalue weighted by Gasteiger charge is -2.20. The van der Waals surface area contributed by atoms with E-state index in [0.29, 0.717) is 31.0 Å². The van der Waals surface area contributed by atoms with Crippen LogP contribution in [0.4, 0.5) is 0 Å². The molecule has 108 valence electrons. The van der Waals surface area contributed by atoms with Crippen LogP contribution in [-0.4, -0.2) is 34.0 Å². The zero-order valence-corrected chi connectivity index (χ0v) is 12.0. The van der Waals surface area contributed by atoms with Gasteiger partial charge in [-0.05, 0) is 30.5 Å². The smallest absolute Gasteiger partial charge is 0.155 e. The lowest BCUT2D eigenvalue weighted by molar-refractivity contribution is 0.534. The minimum absolute atomic E-state index is 0.294. The van der Waals surface area contributed by atoms with Crippen LogP contribution in [0, 0.1) is 0 Å². The van der Waals surface area contributed by atoms with E-state index >= 15 is 0 Å². The van der Waals surface area contributed by atoms with Crippen molar-refractivity contribution in [1.29, 1.82) is 0 Å². The van der Waals surface area contributed by atoms with Gasteiger partial charge >= 0.3 is 0 Å². The number of nitrogens with zero attached hydrogens (tertiary/aromatic N) is 3. The lowest BCUT2D eigenvalue weighted by atomic mass is 10.1. The molecule has 1 saturated heterocycles. The number of fused-ring (bicyclic) bond motifs is 1. The third kappa shape index (κ3) is 2.55. The van der Waals surface area contributed by atoms with Crippen molar-refractivity contribution >= 4 is 15.5 Å². The minimum Gasteiger partial charge on any atom is -0.326 e. The predicted molar refractivity (Wildman–Crippen MR) is 76.0 cm³/mol. The highest BCUT2D eigenvalue weighted by Gasteiger charge is 2.30. The molecular weight excluding hydrogens is 276 g/mol. The molecule has 1 unspecified atom stereocenters. The first-order valence-corrected chi connectivity index (χ1v) is 8.56. The summed E-state index contributed by atoms with van der Waals surface area (Å²) in [6.45, 7) is 0.454.